The van der Waals surface area contributed by atoms with Crippen LogP contribution in [0.1, 0.15) is 52.9 Å². The summed E-state index contributed by atoms with van der Waals surface area (Å²) in [5.41, 5.74) is 5.81. The van der Waals surface area contributed by atoms with Crippen LogP contribution in [-0.4, -0.2) is 18.0 Å². The Bertz CT molecular complexity index is 281. The van der Waals surface area contributed by atoms with Crippen LogP contribution in [0.15, 0.2) is 0 Å². The molecule has 2 atom stereocenters. The number of carbonyl (C=O) groups is 1. The van der Waals surface area contributed by atoms with Gasteiger partial charge in [0, 0.05) is 17.5 Å². The molecular formula is C14H26N2O. The highest BCUT2D eigenvalue weighted by molar-refractivity contribution is 5.81. The van der Waals surface area contributed by atoms with Crippen molar-refractivity contribution in [2.24, 2.45) is 23.0 Å². The van der Waals surface area contributed by atoms with Gasteiger partial charge in [0.25, 0.3) is 0 Å². The summed E-state index contributed by atoms with van der Waals surface area (Å²) in [5.74, 6) is 1.42. The summed E-state index contributed by atoms with van der Waals surface area (Å²) < 4.78 is 0. The van der Waals surface area contributed by atoms with Crippen molar-refractivity contribution in [1.29, 1.82) is 0 Å². The zero-order valence-electron chi connectivity index (χ0n) is 11.3. The van der Waals surface area contributed by atoms with Gasteiger partial charge in [0.2, 0.25) is 5.91 Å². The minimum atomic E-state index is -0.284. The number of nitrogens with two attached hydrogens (primary N) is 1. The molecule has 2 aliphatic rings. The quantitative estimate of drug-likeness (QED) is 0.734. The third-order valence-electron chi connectivity index (χ3n) is 4.36. The maximum atomic E-state index is 12.1. The van der Waals surface area contributed by atoms with Crippen molar-refractivity contribution >= 4 is 5.91 Å². The second-order valence-corrected chi connectivity index (χ2v) is 6.93. The number of amides is 1. The van der Waals surface area contributed by atoms with Gasteiger partial charge in [-0.1, -0.05) is 27.2 Å². The summed E-state index contributed by atoms with van der Waals surface area (Å²) in [6, 6.07) is 0.739. The molecule has 0 aromatic carbocycles. The predicted molar refractivity (Wildman–Crippen MR) is 69.4 cm³/mol. The number of rotatable bonds is 1. The Labute approximate surface area is 105 Å². The van der Waals surface area contributed by atoms with Gasteiger partial charge in [-0.3, -0.25) is 4.79 Å². The molecule has 17 heavy (non-hydrogen) atoms. The molecule has 3 heteroatoms. The fraction of sp³-hybridized carbons (Fsp3) is 0.929. The van der Waals surface area contributed by atoms with E-state index in [0.29, 0.717) is 23.9 Å². The van der Waals surface area contributed by atoms with Gasteiger partial charge in [-0.2, -0.15) is 0 Å². The Morgan fingerprint density at radius 3 is 2.18 bits per heavy atom. The fourth-order valence-electron chi connectivity index (χ4n) is 3.39. The van der Waals surface area contributed by atoms with E-state index < -0.39 is 0 Å². The number of hydrogen-bond acceptors (Lipinski definition) is 2. The van der Waals surface area contributed by atoms with E-state index in [4.69, 9.17) is 5.73 Å². The molecule has 98 valence electrons. The van der Waals surface area contributed by atoms with Crippen molar-refractivity contribution in [3.8, 4) is 0 Å². The van der Waals surface area contributed by atoms with Gasteiger partial charge >= 0.3 is 0 Å². The monoisotopic (exact) mass is 238 g/mol. The largest absolute Gasteiger partial charge is 0.352 e. The summed E-state index contributed by atoms with van der Waals surface area (Å²) in [6.07, 6.45) is 5.96. The van der Waals surface area contributed by atoms with Gasteiger partial charge in [-0.15, -0.1) is 0 Å². The molecule has 0 saturated heterocycles. The van der Waals surface area contributed by atoms with Crippen molar-refractivity contribution in [3.63, 3.8) is 0 Å². The van der Waals surface area contributed by atoms with Gasteiger partial charge in [0.15, 0.2) is 0 Å². The molecule has 2 rings (SSSR count). The number of carbonyl (C=O) groups excluding carboxylic acids is 1. The van der Waals surface area contributed by atoms with Crippen LogP contribution in [0.25, 0.3) is 0 Å². The van der Waals surface area contributed by atoms with Crippen molar-refractivity contribution in [3.05, 3.63) is 0 Å². The molecule has 0 heterocycles. The first kappa shape index (κ1) is 12.9. The SMILES string of the molecule is CC(C)(C)C(=O)NC1C2CCCC1CC(N)C2. The molecule has 0 radical (unpaired) electrons. The van der Waals surface area contributed by atoms with Crippen LogP contribution in [0.4, 0.5) is 0 Å². The molecule has 0 spiro atoms. The van der Waals surface area contributed by atoms with Crippen LogP contribution in [0, 0.1) is 17.3 Å². The highest BCUT2D eigenvalue weighted by atomic mass is 16.2. The first-order chi connectivity index (χ1) is 7.88. The van der Waals surface area contributed by atoms with Crippen LogP contribution in [0.3, 0.4) is 0 Å². The summed E-state index contributed by atoms with van der Waals surface area (Å²) >= 11 is 0. The molecule has 2 bridgehead atoms. The number of hydrogen-bond donors (Lipinski definition) is 2. The molecule has 0 aromatic heterocycles. The van der Waals surface area contributed by atoms with E-state index >= 15 is 0 Å². The van der Waals surface area contributed by atoms with Crippen LogP contribution < -0.4 is 11.1 Å². The van der Waals surface area contributed by atoms with E-state index in [1.165, 1.54) is 19.3 Å². The summed E-state index contributed by atoms with van der Waals surface area (Å²) in [4.78, 5) is 12.1. The highest BCUT2D eigenvalue weighted by Gasteiger charge is 2.40. The van der Waals surface area contributed by atoms with E-state index in [0.717, 1.165) is 12.8 Å². The second-order valence-electron chi connectivity index (χ2n) is 6.93. The summed E-state index contributed by atoms with van der Waals surface area (Å²) in [5, 5.41) is 3.29. The minimum absolute atomic E-state index is 0.190. The van der Waals surface area contributed by atoms with E-state index in [2.05, 4.69) is 5.32 Å². The zero-order valence-corrected chi connectivity index (χ0v) is 11.3. The van der Waals surface area contributed by atoms with Crippen molar-refractivity contribution in [2.45, 2.75) is 65.0 Å². The predicted octanol–water partition coefficient (Wildman–Crippen LogP) is 2.05. The fourth-order valence-corrected chi connectivity index (χ4v) is 3.39. The molecule has 3 nitrogen and oxygen atoms in total. The molecule has 0 aliphatic heterocycles. The first-order valence-corrected chi connectivity index (χ1v) is 6.94. The van der Waals surface area contributed by atoms with Gasteiger partial charge in [0.1, 0.15) is 0 Å². The molecule has 3 N–H and O–H groups in total. The third-order valence-corrected chi connectivity index (χ3v) is 4.36. The first-order valence-electron chi connectivity index (χ1n) is 6.94. The maximum Gasteiger partial charge on any atom is 0.225 e. The molecular weight excluding hydrogens is 212 g/mol. The van der Waals surface area contributed by atoms with Crippen molar-refractivity contribution in [1.82, 2.24) is 5.32 Å². The van der Waals surface area contributed by atoms with Crippen molar-refractivity contribution in [2.75, 3.05) is 0 Å². The maximum absolute atomic E-state index is 12.1. The molecule has 2 fully saturated rings. The number of fused-ring (bicyclic) bond motifs is 2. The molecule has 2 aliphatic carbocycles. The lowest BCUT2D eigenvalue weighted by atomic mass is 9.66. The van der Waals surface area contributed by atoms with E-state index in [1.807, 2.05) is 20.8 Å². The molecule has 2 unspecified atom stereocenters. The smallest absolute Gasteiger partial charge is 0.225 e. The van der Waals surface area contributed by atoms with Crippen molar-refractivity contribution < 1.29 is 4.79 Å². The lowest BCUT2D eigenvalue weighted by molar-refractivity contribution is -0.130. The Morgan fingerprint density at radius 1 is 1.18 bits per heavy atom. The topological polar surface area (TPSA) is 55.1 Å². The van der Waals surface area contributed by atoms with Crippen LogP contribution in [-0.2, 0) is 4.79 Å². The molecule has 1 amide bonds. The van der Waals surface area contributed by atoms with Crippen LogP contribution >= 0.6 is 0 Å². The van der Waals surface area contributed by atoms with E-state index in [1.54, 1.807) is 0 Å². The lowest BCUT2D eigenvalue weighted by Crippen LogP contribution is -2.55. The standard InChI is InChI=1S/C14H26N2O/c1-14(2,3)13(17)16-12-9-5-4-6-10(12)8-11(15)7-9/h9-12H,4-8,15H2,1-3H3,(H,16,17). The molecule has 2 saturated carbocycles. The van der Waals surface area contributed by atoms with Crippen LogP contribution in [0.2, 0.25) is 0 Å². The highest BCUT2D eigenvalue weighted by Crippen LogP contribution is 2.40. The van der Waals surface area contributed by atoms with Gasteiger partial charge < -0.3 is 11.1 Å². The normalized spacial score (nSPS) is 37.6. The lowest BCUT2D eigenvalue weighted by Gasteiger charge is -2.45. The number of nitrogens with one attached hydrogen (secondary N) is 1. The van der Waals surface area contributed by atoms with E-state index in [-0.39, 0.29) is 11.3 Å². The Hall–Kier alpha value is -0.570. The second kappa shape index (κ2) is 4.60. The average Bonchev–Trinajstić information content (AvgIpc) is 2.17. The zero-order chi connectivity index (χ0) is 12.6. The van der Waals surface area contributed by atoms with Gasteiger partial charge in [-0.05, 0) is 37.5 Å². The average molecular weight is 238 g/mol. The van der Waals surface area contributed by atoms with E-state index in [9.17, 15) is 4.79 Å². The van der Waals surface area contributed by atoms with Crippen LogP contribution in [0.5, 0.6) is 0 Å². The summed E-state index contributed by atoms with van der Waals surface area (Å²) in [6.45, 7) is 5.94. The van der Waals surface area contributed by atoms with Gasteiger partial charge in [0.05, 0.1) is 0 Å². The Kier molecular flexibility index (Phi) is 3.48. The Morgan fingerprint density at radius 2 is 1.71 bits per heavy atom. The minimum Gasteiger partial charge on any atom is -0.352 e. The third kappa shape index (κ3) is 2.82. The molecule has 0 aromatic rings. The summed E-state index contributed by atoms with van der Waals surface area (Å²) in [7, 11) is 0. The Balaban J connectivity index is 2.03. The van der Waals surface area contributed by atoms with Gasteiger partial charge in [-0.25, -0.2) is 0 Å².